The summed E-state index contributed by atoms with van der Waals surface area (Å²) >= 11 is 0. The number of carbonyl (C=O) groups is 2. The molecular weight excluding hydrogens is 278 g/mol. The zero-order valence-corrected chi connectivity index (χ0v) is 13.8. The average molecular weight is 308 g/mol. The molecule has 2 N–H and O–H groups in total. The second-order valence-corrected chi connectivity index (χ2v) is 7.33. The van der Waals surface area contributed by atoms with E-state index in [1.807, 2.05) is 0 Å². The zero-order chi connectivity index (χ0) is 15.6. The number of quaternary nitrogens is 1. The van der Waals surface area contributed by atoms with E-state index in [0.29, 0.717) is 12.7 Å². The van der Waals surface area contributed by atoms with Gasteiger partial charge in [-0.15, -0.1) is 0 Å². The van der Waals surface area contributed by atoms with Crippen LogP contribution in [-0.4, -0.2) is 41.6 Å². The molecule has 22 heavy (non-hydrogen) atoms. The maximum atomic E-state index is 12.9. The first kappa shape index (κ1) is 15.8. The zero-order valence-electron chi connectivity index (χ0n) is 13.8. The van der Waals surface area contributed by atoms with Gasteiger partial charge in [-0.05, 0) is 38.5 Å². The van der Waals surface area contributed by atoms with Gasteiger partial charge in [-0.25, -0.2) is 9.69 Å². The van der Waals surface area contributed by atoms with E-state index in [9.17, 15) is 9.59 Å². The van der Waals surface area contributed by atoms with Crippen molar-refractivity contribution in [3.63, 3.8) is 0 Å². The Balaban J connectivity index is 1.71. The molecule has 5 heteroatoms. The smallest absolute Gasteiger partial charge is 0.323 e. The summed E-state index contributed by atoms with van der Waals surface area (Å²) in [6.45, 7) is 3.86. The number of rotatable bonds is 3. The second-order valence-electron chi connectivity index (χ2n) is 7.33. The summed E-state index contributed by atoms with van der Waals surface area (Å²) in [5, 5.41) is 3.06. The molecule has 3 fully saturated rings. The van der Waals surface area contributed by atoms with Crippen LogP contribution in [0.15, 0.2) is 0 Å². The average Bonchev–Trinajstić information content (AvgIpc) is 2.71. The molecule has 124 valence electrons. The van der Waals surface area contributed by atoms with E-state index in [0.717, 1.165) is 38.6 Å². The number of hydrogen-bond acceptors (Lipinski definition) is 2. The molecular formula is C17H30N3O2+. The fourth-order valence-electron chi connectivity index (χ4n) is 4.55. The molecule has 5 nitrogen and oxygen atoms in total. The van der Waals surface area contributed by atoms with Crippen molar-refractivity contribution in [2.24, 2.45) is 0 Å². The van der Waals surface area contributed by atoms with Gasteiger partial charge in [0.05, 0.1) is 12.6 Å². The molecule has 0 aromatic rings. The third-order valence-corrected chi connectivity index (χ3v) is 5.93. The summed E-state index contributed by atoms with van der Waals surface area (Å²) < 4.78 is 0. The molecule has 1 spiro atoms. The maximum Gasteiger partial charge on any atom is 0.329 e. The molecule has 3 rings (SSSR count). The highest BCUT2D eigenvalue weighted by molar-refractivity contribution is 6.06. The Kier molecular flexibility index (Phi) is 4.71. The normalized spacial score (nSPS) is 32.1. The van der Waals surface area contributed by atoms with E-state index >= 15 is 0 Å². The number of amides is 3. The van der Waals surface area contributed by atoms with E-state index in [2.05, 4.69) is 12.2 Å². The number of nitrogens with one attached hydrogen (secondary N) is 2. The molecule has 3 aliphatic rings. The molecule has 3 amide bonds. The van der Waals surface area contributed by atoms with Crippen LogP contribution in [-0.2, 0) is 4.79 Å². The first-order valence-electron chi connectivity index (χ1n) is 9.15. The maximum absolute atomic E-state index is 12.9. The lowest BCUT2D eigenvalue weighted by molar-refractivity contribution is -0.937. The van der Waals surface area contributed by atoms with Gasteiger partial charge in [-0.3, -0.25) is 4.79 Å². The summed E-state index contributed by atoms with van der Waals surface area (Å²) in [5.74, 6) is 0.0485. The Hall–Kier alpha value is -1.10. The molecule has 1 saturated carbocycles. The third-order valence-electron chi connectivity index (χ3n) is 5.93. The molecule has 1 unspecified atom stereocenters. The van der Waals surface area contributed by atoms with Crippen molar-refractivity contribution in [3.05, 3.63) is 0 Å². The lowest BCUT2D eigenvalue weighted by Gasteiger charge is -2.34. The minimum Gasteiger partial charge on any atom is -0.323 e. The lowest BCUT2D eigenvalue weighted by atomic mass is 9.90. The van der Waals surface area contributed by atoms with Gasteiger partial charge in [-0.1, -0.05) is 32.6 Å². The molecule has 1 aliphatic carbocycles. The molecule has 2 heterocycles. The number of nitrogens with zero attached hydrogens (tertiary/aromatic N) is 1. The van der Waals surface area contributed by atoms with Crippen LogP contribution in [0.3, 0.4) is 0 Å². The predicted molar refractivity (Wildman–Crippen MR) is 84.4 cm³/mol. The van der Waals surface area contributed by atoms with Crippen LogP contribution < -0.4 is 10.2 Å². The van der Waals surface area contributed by atoms with Crippen molar-refractivity contribution < 1.29 is 14.5 Å². The number of likely N-dealkylation sites (tertiary alicyclic amines) is 1. The fraction of sp³-hybridized carbons (Fsp3) is 0.882. The van der Waals surface area contributed by atoms with Crippen LogP contribution in [0, 0.1) is 0 Å². The summed E-state index contributed by atoms with van der Waals surface area (Å²) in [5.41, 5.74) is -0.579. The highest BCUT2D eigenvalue weighted by Gasteiger charge is 2.52. The van der Waals surface area contributed by atoms with Gasteiger partial charge < -0.3 is 10.2 Å². The number of urea groups is 1. The van der Waals surface area contributed by atoms with E-state index < -0.39 is 5.54 Å². The van der Waals surface area contributed by atoms with E-state index in [1.165, 1.54) is 41.9 Å². The van der Waals surface area contributed by atoms with Crippen molar-refractivity contribution in [2.45, 2.75) is 82.7 Å². The largest absolute Gasteiger partial charge is 0.329 e. The van der Waals surface area contributed by atoms with Crippen molar-refractivity contribution in [2.75, 3.05) is 13.2 Å². The Labute approximate surface area is 133 Å². The lowest BCUT2D eigenvalue weighted by Crippen LogP contribution is -3.18. The standard InChI is InChI=1S/C17H29N3O2/c1-2-14-9-5-8-12-19(14)13-20-15(21)17(18-16(20)22)10-6-3-4-7-11-17/h14H,2-13H2,1H3,(H,18,22)/p+1/t14-/m0/s1. The van der Waals surface area contributed by atoms with Gasteiger partial charge in [0.15, 0.2) is 6.67 Å². The minimum atomic E-state index is -0.579. The quantitative estimate of drug-likeness (QED) is 0.775. The van der Waals surface area contributed by atoms with E-state index in [1.54, 1.807) is 0 Å². The summed E-state index contributed by atoms with van der Waals surface area (Å²) in [4.78, 5) is 28.3. The summed E-state index contributed by atoms with van der Waals surface area (Å²) in [7, 11) is 0. The van der Waals surface area contributed by atoms with Crippen molar-refractivity contribution in [3.8, 4) is 0 Å². The highest BCUT2D eigenvalue weighted by atomic mass is 16.2. The number of piperidine rings is 1. The summed E-state index contributed by atoms with van der Waals surface area (Å²) in [6.07, 6.45) is 10.9. The Bertz CT molecular complexity index is 430. The molecule has 0 radical (unpaired) electrons. The van der Waals surface area contributed by atoms with Crippen LogP contribution >= 0.6 is 0 Å². The molecule has 0 aromatic carbocycles. The molecule has 0 aromatic heterocycles. The first-order chi connectivity index (χ1) is 10.7. The van der Waals surface area contributed by atoms with Crippen LogP contribution in [0.4, 0.5) is 4.79 Å². The fourth-order valence-corrected chi connectivity index (χ4v) is 4.55. The molecule has 0 bridgehead atoms. The number of hydrogen-bond donors (Lipinski definition) is 2. The van der Waals surface area contributed by atoms with Gasteiger partial charge in [0.1, 0.15) is 5.54 Å². The van der Waals surface area contributed by atoms with Crippen LogP contribution in [0.2, 0.25) is 0 Å². The van der Waals surface area contributed by atoms with Gasteiger partial charge in [0.25, 0.3) is 5.91 Å². The van der Waals surface area contributed by atoms with Gasteiger partial charge in [0, 0.05) is 0 Å². The number of imide groups is 1. The SMILES string of the molecule is CC[C@H]1CCCC[NH+]1CN1C(=O)NC2(CCCCCC2)C1=O. The predicted octanol–water partition coefficient (Wildman–Crippen LogP) is 1.44. The molecule has 2 atom stereocenters. The third kappa shape index (κ3) is 2.87. The number of carbonyl (C=O) groups excluding carboxylic acids is 2. The topological polar surface area (TPSA) is 53.9 Å². The minimum absolute atomic E-state index is 0.0485. The second kappa shape index (κ2) is 6.57. The van der Waals surface area contributed by atoms with Gasteiger partial charge in [0.2, 0.25) is 0 Å². The Morgan fingerprint density at radius 3 is 2.55 bits per heavy atom. The van der Waals surface area contributed by atoms with Crippen molar-refractivity contribution >= 4 is 11.9 Å². The Morgan fingerprint density at radius 2 is 1.86 bits per heavy atom. The van der Waals surface area contributed by atoms with Crippen LogP contribution in [0.25, 0.3) is 0 Å². The van der Waals surface area contributed by atoms with Gasteiger partial charge >= 0.3 is 6.03 Å². The van der Waals surface area contributed by atoms with E-state index in [4.69, 9.17) is 0 Å². The molecule has 2 aliphatic heterocycles. The molecule has 2 saturated heterocycles. The summed E-state index contributed by atoms with van der Waals surface area (Å²) in [6, 6.07) is 0.444. The monoisotopic (exact) mass is 308 g/mol. The Morgan fingerprint density at radius 1 is 1.14 bits per heavy atom. The van der Waals surface area contributed by atoms with E-state index in [-0.39, 0.29) is 11.9 Å². The van der Waals surface area contributed by atoms with Crippen molar-refractivity contribution in [1.29, 1.82) is 0 Å². The van der Waals surface area contributed by atoms with Crippen molar-refractivity contribution in [1.82, 2.24) is 10.2 Å². The van der Waals surface area contributed by atoms with Gasteiger partial charge in [-0.2, -0.15) is 0 Å². The van der Waals surface area contributed by atoms with Crippen LogP contribution in [0.5, 0.6) is 0 Å². The highest BCUT2D eigenvalue weighted by Crippen LogP contribution is 2.32. The van der Waals surface area contributed by atoms with Crippen LogP contribution in [0.1, 0.15) is 71.1 Å². The first-order valence-corrected chi connectivity index (χ1v) is 9.15.